The summed E-state index contributed by atoms with van der Waals surface area (Å²) < 4.78 is 13.5. The zero-order valence-corrected chi connectivity index (χ0v) is 15.5. The topological polar surface area (TPSA) is 79.5 Å². The second kappa shape index (κ2) is 8.35. The number of nitrogens with two attached hydrogens (primary N) is 1. The maximum atomic E-state index is 13.5. The Hall–Kier alpha value is -2.67. The number of aromatic nitrogens is 1. The fourth-order valence-corrected chi connectivity index (χ4v) is 3.23. The number of carbonyl (C=O) groups is 2. The highest BCUT2D eigenvalue weighted by Gasteiger charge is 2.24. The normalized spacial score (nSPS) is 14.3. The molecule has 1 aliphatic rings. The molecule has 2 heterocycles. The van der Waals surface area contributed by atoms with Crippen molar-refractivity contribution in [1.29, 1.82) is 0 Å². The molecule has 142 valence electrons. The third kappa shape index (κ3) is 4.54. The number of pyridine rings is 1. The number of hydrogen-bond acceptors (Lipinski definition) is 4. The van der Waals surface area contributed by atoms with Gasteiger partial charge in [0.15, 0.2) is 0 Å². The molecule has 2 N–H and O–H groups in total. The summed E-state index contributed by atoms with van der Waals surface area (Å²) in [6.45, 7) is 2.20. The van der Waals surface area contributed by atoms with Crippen molar-refractivity contribution in [2.75, 3.05) is 31.1 Å². The number of piperazine rings is 1. The molecule has 1 aliphatic heterocycles. The van der Waals surface area contributed by atoms with Crippen LogP contribution < -0.4 is 10.6 Å². The standard InChI is InChI=1S/C19H20ClFN4O2/c20-15-5-3-13(12-16(15)21)4-6-17(26)24-8-10-25(11-9-24)19-14(18(22)27)2-1-7-23-19/h1-3,5,7,12H,4,6,8-11H2,(H2,22,27). The van der Waals surface area contributed by atoms with Crippen molar-refractivity contribution < 1.29 is 14.0 Å². The van der Waals surface area contributed by atoms with Crippen molar-refractivity contribution in [3.8, 4) is 0 Å². The Balaban J connectivity index is 1.55. The molecular weight excluding hydrogens is 371 g/mol. The summed E-state index contributed by atoms with van der Waals surface area (Å²) in [6, 6.07) is 7.90. The summed E-state index contributed by atoms with van der Waals surface area (Å²) in [5.74, 6) is -0.433. The van der Waals surface area contributed by atoms with Crippen molar-refractivity contribution >= 4 is 29.2 Å². The first-order valence-corrected chi connectivity index (χ1v) is 9.05. The second-order valence-corrected chi connectivity index (χ2v) is 6.76. The number of anilines is 1. The lowest BCUT2D eigenvalue weighted by Crippen LogP contribution is -2.49. The van der Waals surface area contributed by atoms with E-state index in [1.54, 1.807) is 29.3 Å². The van der Waals surface area contributed by atoms with E-state index in [9.17, 15) is 14.0 Å². The van der Waals surface area contributed by atoms with Gasteiger partial charge in [0.05, 0.1) is 10.6 Å². The lowest BCUT2D eigenvalue weighted by Gasteiger charge is -2.36. The first-order chi connectivity index (χ1) is 13.0. The summed E-state index contributed by atoms with van der Waals surface area (Å²) in [5, 5.41) is 0.0750. The number of rotatable bonds is 5. The molecular formula is C19H20ClFN4O2. The van der Waals surface area contributed by atoms with Crippen LogP contribution >= 0.6 is 11.6 Å². The predicted octanol–water partition coefficient (Wildman–Crippen LogP) is 2.25. The van der Waals surface area contributed by atoms with Crippen LogP contribution in [0.2, 0.25) is 5.02 Å². The molecule has 6 nitrogen and oxygen atoms in total. The van der Waals surface area contributed by atoms with E-state index in [1.807, 2.05) is 4.90 Å². The third-order valence-corrected chi connectivity index (χ3v) is 4.90. The van der Waals surface area contributed by atoms with Crippen molar-refractivity contribution in [3.63, 3.8) is 0 Å². The van der Waals surface area contributed by atoms with Crippen LogP contribution in [-0.4, -0.2) is 47.9 Å². The van der Waals surface area contributed by atoms with Crippen LogP contribution in [0.5, 0.6) is 0 Å². The van der Waals surface area contributed by atoms with Crippen molar-refractivity contribution in [2.45, 2.75) is 12.8 Å². The van der Waals surface area contributed by atoms with Crippen LogP contribution in [0.25, 0.3) is 0 Å². The summed E-state index contributed by atoms with van der Waals surface area (Å²) in [7, 11) is 0. The molecule has 3 rings (SSSR count). The number of primary amides is 1. The molecule has 0 spiro atoms. The zero-order chi connectivity index (χ0) is 19.4. The van der Waals surface area contributed by atoms with E-state index in [-0.39, 0.29) is 10.9 Å². The number of benzene rings is 1. The molecule has 0 atom stereocenters. The SMILES string of the molecule is NC(=O)c1cccnc1N1CCN(C(=O)CCc2ccc(Cl)c(F)c2)CC1. The maximum Gasteiger partial charge on any atom is 0.252 e. The van der Waals surface area contributed by atoms with Gasteiger partial charge in [-0.1, -0.05) is 17.7 Å². The first-order valence-electron chi connectivity index (χ1n) is 8.67. The smallest absolute Gasteiger partial charge is 0.252 e. The lowest BCUT2D eigenvalue weighted by atomic mass is 10.1. The zero-order valence-electron chi connectivity index (χ0n) is 14.7. The Labute approximate surface area is 161 Å². The van der Waals surface area contributed by atoms with Gasteiger partial charge in [-0.15, -0.1) is 0 Å². The molecule has 0 bridgehead atoms. The van der Waals surface area contributed by atoms with Crippen LogP contribution in [0.1, 0.15) is 22.3 Å². The number of halogens is 2. The van der Waals surface area contributed by atoms with Crippen molar-refractivity contribution in [1.82, 2.24) is 9.88 Å². The van der Waals surface area contributed by atoms with Gasteiger partial charge in [0.1, 0.15) is 11.6 Å². The summed E-state index contributed by atoms with van der Waals surface area (Å²) in [6.07, 6.45) is 2.38. The minimum atomic E-state index is -0.521. The number of carbonyl (C=O) groups excluding carboxylic acids is 2. The Morgan fingerprint density at radius 1 is 1.19 bits per heavy atom. The van der Waals surface area contributed by atoms with E-state index in [1.165, 1.54) is 12.1 Å². The monoisotopic (exact) mass is 390 g/mol. The van der Waals surface area contributed by atoms with Crippen LogP contribution in [-0.2, 0) is 11.2 Å². The quantitative estimate of drug-likeness (QED) is 0.849. The van der Waals surface area contributed by atoms with Gasteiger partial charge in [0.2, 0.25) is 5.91 Å². The second-order valence-electron chi connectivity index (χ2n) is 6.36. The molecule has 27 heavy (non-hydrogen) atoms. The van der Waals surface area contributed by atoms with Crippen LogP contribution in [0.15, 0.2) is 36.5 Å². The minimum absolute atomic E-state index is 0.0150. The average molecular weight is 391 g/mol. The number of hydrogen-bond donors (Lipinski definition) is 1. The summed E-state index contributed by atoms with van der Waals surface area (Å²) in [4.78, 5) is 32.0. The number of aryl methyl sites for hydroxylation is 1. The highest BCUT2D eigenvalue weighted by Crippen LogP contribution is 2.20. The maximum absolute atomic E-state index is 13.5. The Morgan fingerprint density at radius 3 is 2.59 bits per heavy atom. The van der Waals surface area contributed by atoms with Gasteiger partial charge >= 0.3 is 0 Å². The molecule has 0 aliphatic carbocycles. The average Bonchev–Trinajstić information content (AvgIpc) is 2.68. The predicted molar refractivity (Wildman–Crippen MR) is 101 cm³/mol. The van der Waals surface area contributed by atoms with Gasteiger partial charge in [-0.3, -0.25) is 9.59 Å². The third-order valence-electron chi connectivity index (χ3n) is 4.60. The molecule has 8 heteroatoms. The van der Waals surface area contributed by atoms with Gasteiger partial charge in [0.25, 0.3) is 5.91 Å². The van der Waals surface area contributed by atoms with Gasteiger partial charge in [-0.05, 0) is 36.2 Å². The minimum Gasteiger partial charge on any atom is -0.365 e. The highest BCUT2D eigenvalue weighted by molar-refractivity contribution is 6.30. The fourth-order valence-electron chi connectivity index (χ4n) is 3.11. The van der Waals surface area contributed by atoms with Crippen LogP contribution in [0, 0.1) is 5.82 Å². The van der Waals surface area contributed by atoms with E-state index < -0.39 is 11.7 Å². The molecule has 1 aromatic carbocycles. The fraction of sp³-hybridized carbons (Fsp3) is 0.316. The molecule has 0 saturated carbocycles. The van der Waals surface area contributed by atoms with Crippen molar-refractivity contribution in [3.05, 3.63) is 58.5 Å². The van der Waals surface area contributed by atoms with Crippen LogP contribution in [0.4, 0.5) is 10.2 Å². The summed E-state index contributed by atoms with van der Waals surface area (Å²) in [5.41, 5.74) is 6.52. The van der Waals surface area contributed by atoms with E-state index in [2.05, 4.69) is 4.98 Å². The van der Waals surface area contributed by atoms with Crippen molar-refractivity contribution in [2.24, 2.45) is 5.73 Å². The molecule has 0 unspecified atom stereocenters. The lowest BCUT2D eigenvalue weighted by molar-refractivity contribution is -0.131. The molecule has 1 saturated heterocycles. The van der Waals surface area contributed by atoms with E-state index >= 15 is 0 Å². The Morgan fingerprint density at radius 2 is 1.93 bits per heavy atom. The van der Waals surface area contributed by atoms with Gasteiger partial charge < -0.3 is 15.5 Å². The first kappa shape index (κ1) is 19.1. The van der Waals surface area contributed by atoms with Gasteiger partial charge in [-0.2, -0.15) is 0 Å². The number of amides is 2. The van der Waals surface area contributed by atoms with E-state index in [0.29, 0.717) is 50.4 Å². The molecule has 1 aromatic heterocycles. The van der Waals surface area contributed by atoms with Gasteiger partial charge in [-0.25, -0.2) is 9.37 Å². The number of nitrogens with zero attached hydrogens (tertiary/aromatic N) is 3. The molecule has 1 fully saturated rings. The molecule has 2 aromatic rings. The highest BCUT2D eigenvalue weighted by atomic mass is 35.5. The largest absolute Gasteiger partial charge is 0.365 e. The Kier molecular flexibility index (Phi) is 5.91. The van der Waals surface area contributed by atoms with E-state index in [4.69, 9.17) is 17.3 Å². The molecule has 0 radical (unpaired) electrons. The summed E-state index contributed by atoms with van der Waals surface area (Å²) >= 11 is 5.67. The molecule has 2 amide bonds. The van der Waals surface area contributed by atoms with Gasteiger partial charge in [0, 0.05) is 38.8 Å². The van der Waals surface area contributed by atoms with Crippen LogP contribution in [0.3, 0.4) is 0 Å². The Bertz CT molecular complexity index is 853. The van der Waals surface area contributed by atoms with E-state index in [0.717, 1.165) is 5.56 Å².